The van der Waals surface area contributed by atoms with Gasteiger partial charge in [0.25, 0.3) is 5.88 Å². The van der Waals surface area contributed by atoms with Crippen molar-refractivity contribution in [3.63, 3.8) is 0 Å². The SMILES string of the molecule is N#Cc1nccnc1OC1CCCN(S(=O)(=O)c2ccc(F)c(F)c2)C1. The van der Waals surface area contributed by atoms with Crippen LogP contribution in [0.5, 0.6) is 5.88 Å². The van der Waals surface area contributed by atoms with E-state index in [1.165, 1.54) is 12.4 Å². The van der Waals surface area contributed by atoms with Gasteiger partial charge in [-0.3, -0.25) is 0 Å². The summed E-state index contributed by atoms with van der Waals surface area (Å²) in [5.41, 5.74) is 0.00749. The van der Waals surface area contributed by atoms with Gasteiger partial charge in [-0.2, -0.15) is 9.57 Å². The second kappa shape index (κ2) is 7.31. The molecule has 1 aromatic carbocycles. The minimum absolute atomic E-state index is 0.00275. The number of ether oxygens (including phenoxy) is 1. The molecule has 0 saturated carbocycles. The number of aromatic nitrogens is 2. The zero-order valence-electron chi connectivity index (χ0n) is 13.5. The van der Waals surface area contributed by atoms with Gasteiger partial charge in [-0.15, -0.1) is 0 Å². The summed E-state index contributed by atoms with van der Waals surface area (Å²) in [5, 5.41) is 9.02. The highest BCUT2D eigenvalue weighted by molar-refractivity contribution is 7.89. The zero-order chi connectivity index (χ0) is 18.7. The van der Waals surface area contributed by atoms with Crippen molar-refractivity contribution in [3.05, 3.63) is 47.9 Å². The minimum Gasteiger partial charge on any atom is -0.471 e. The third kappa shape index (κ3) is 3.63. The summed E-state index contributed by atoms with van der Waals surface area (Å²) in [5.74, 6) is -2.31. The van der Waals surface area contributed by atoms with Crippen LogP contribution in [0.1, 0.15) is 18.5 Å². The summed E-state index contributed by atoms with van der Waals surface area (Å²) in [6, 6.07) is 4.31. The molecule has 1 atom stereocenters. The highest BCUT2D eigenvalue weighted by Gasteiger charge is 2.32. The number of rotatable bonds is 4. The van der Waals surface area contributed by atoms with Gasteiger partial charge in [0.05, 0.1) is 11.4 Å². The van der Waals surface area contributed by atoms with Crippen molar-refractivity contribution < 1.29 is 21.9 Å². The smallest absolute Gasteiger partial charge is 0.251 e. The third-order valence-corrected chi connectivity index (χ3v) is 5.78. The summed E-state index contributed by atoms with van der Waals surface area (Å²) in [6.45, 7) is 0.232. The van der Waals surface area contributed by atoms with E-state index in [-0.39, 0.29) is 29.6 Å². The summed E-state index contributed by atoms with van der Waals surface area (Å²) < 4.78 is 58.6. The number of piperidine rings is 1. The Hall–Kier alpha value is -2.64. The van der Waals surface area contributed by atoms with Crippen LogP contribution in [0.15, 0.2) is 35.5 Å². The van der Waals surface area contributed by atoms with Crippen LogP contribution in [-0.2, 0) is 10.0 Å². The maximum Gasteiger partial charge on any atom is 0.251 e. The molecule has 0 amide bonds. The van der Waals surface area contributed by atoms with Crippen LogP contribution >= 0.6 is 0 Å². The van der Waals surface area contributed by atoms with Crippen LogP contribution in [0, 0.1) is 23.0 Å². The lowest BCUT2D eigenvalue weighted by atomic mass is 10.1. The molecule has 10 heteroatoms. The van der Waals surface area contributed by atoms with Crippen LogP contribution in [0.2, 0.25) is 0 Å². The van der Waals surface area contributed by atoms with Gasteiger partial charge in [-0.1, -0.05) is 0 Å². The first-order chi connectivity index (χ1) is 12.4. The van der Waals surface area contributed by atoms with Crippen molar-refractivity contribution in [2.24, 2.45) is 0 Å². The lowest BCUT2D eigenvalue weighted by Gasteiger charge is -2.31. The van der Waals surface area contributed by atoms with Gasteiger partial charge in [0.1, 0.15) is 12.2 Å². The van der Waals surface area contributed by atoms with Crippen molar-refractivity contribution in [2.45, 2.75) is 23.8 Å². The second-order valence-corrected chi connectivity index (χ2v) is 7.58. The normalized spacial score (nSPS) is 18.3. The average Bonchev–Trinajstić information content (AvgIpc) is 2.64. The van der Waals surface area contributed by atoms with Crippen LogP contribution in [0.4, 0.5) is 8.78 Å². The van der Waals surface area contributed by atoms with E-state index in [0.717, 1.165) is 16.4 Å². The van der Waals surface area contributed by atoms with E-state index < -0.39 is 27.8 Å². The largest absolute Gasteiger partial charge is 0.471 e. The number of hydrogen-bond acceptors (Lipinski definition) is 6. The van der Waals surface area contributed by atoms with Gasteiger partial charge in [-0.05, 0) is 31.0 Å². The van der Waals surface area contributed by atoms with Crippen LogP contribution < -0.4 is 4.74 Å². The van der Waals surface area contributed by atoms with E-state index in [1.807, 2.05) is 6.07 Å². The molecule has 2 heterocycles. The van der Waals surface area contributed by atoms with Gasteiger partial charge < -0.3 is 4.74 Å². The Morgan fingerprint density at radius 3 is 2.73 bits per heavy atom. The number of hydrogen-bond donors (Lipinski definition) is 0. The first-order valence-electron chi connectivity index (χ1n) is 7.75. The standard InChI is InChI=1S/C16H14F2N4O3S/c17-13-4-3-12(8-14(13)18)26(23,24)22-7-1-2-11(10-22)25-16-15(9-19)20-5-6-21-16/h3-6,8,11H,1-2,7,10H2. The number of nitrogens with zero attached hydrogens (tertiary/aromatic N) is 4. The molecule has 1 aromatic heterocycles. The quantitative estimate of drug-likeness (QED) is 0.803. The highest BCUT2D eigenvalue weighted by atomic mass is 32.2. The summed E-state index contributed by atoms with van der Waals surface area (Å²) in [7, 11) is -4.00. The summed E-state index contributed by atoms with van der Waals surface area (Å²) in [4.78, 5) is 7.46. The van der Waals surface area contributed by atoms with Gasteiger partial charge in [0, 0.05) is 18.9 Å². The monoisotopic (exact) mass is 380 g/mol. The molecule has 0 radical (unpaired) electrons. The van der Waals surface area contributed by atoms with Crippen molar-refractivity contribution in [3.8, 4) is 11.9 Å². The molecule has 136 valence electrons. The molecule has 0 N–H and O–H groups in total. The van der Waals surface area contributed by atoms with E-state index in [9.17, 15) is 17.2 Å². The lowest BCUT2D eigenvalue weighted by Crippen LogP contribution is -2.44. The average molecular weight is 380 g/mol. The first-order valence-corrected chi connectivity index (χ1v) is 9.19. The number of benzene rings is 1. The molecular weight excluding hydrogens is 366 g/mol. The zero-order valence-corrected chi connectivity index (χ0v) is 14.3. The molecule has 0 aliphatic carbocycles. The van der Waals surface area contributed by atoms with E-state index >= 15 is 0 Å². The maximum absolute atomic E-state index is 13.4. The number of halogens is 2. The van der Waals surface area contributed by atoms with Crippen LogP contribution in [0.25, 0.3) is 0 Å². The molecule has 0 bridgehead atoms. The number of nitriles is 1. The van der Waals surface area contributed by atoms with Gasteiger partial charge >= 0.3 is 0 Å². The van der Waals surface area contributed by atoms with Crippen molar-refractivity contribution in [2.75, 3.05) is 13.1 Å². The van der Waals surface area contributed by atoms with Crippen LogP contribution in [0.3, 0.4) is 0 Å². The minimum atomic E-state index is -4.00. The van der Waals surface area contributed by atoms with Crippen LogP contribution in [-0.4, -0.2) is 41.9 Å². The topological polar surface area (TPSA) is 96.2 Å². The predicted molar refractivity (Wildman–Crippen MR) is 85.5 cm³/mol. The Kier molecular flexibility index (Phi) is 5.11. The molecular formula is C16H14F2N4O3S. The Morgan fingerprint density at radius 2 is 2.00 bits per heavy atom. The highest BCUT2D eigenvalue weighted by Crippen LogP contribution is 2.24. The molecule has 1 unspecified atom stereocenters. The van der Waals surface area contributed by atoms with Crippen molar-refractivity contribution in [1.82, 2.24) is 14.3 Å². The first kappa shape index (κ1) is 18.2. The van der Waals surface area contributed by atoms with Gasteiger partial charge in [0.15, 0.2) is 11.6 Å². The predicted octanol–water partition coefficient (Wildman–Crippen LogP) is 1.86. The number of sulfonamides is 1. The lowest BCUT2D eigenvalue weighted by molar-refractivity contribution is 0.124. The van der Waals surface area contributed by atoms with E-state index in [4.69, 9.17) is 10.00 Å². The van der Waals surface area contributed by atoms with Crippen molar-refractivity contribution >= 4 is 10.0 Å². The molecule has 0 spiro atoms. The van der Waals surface area contributed by atoms with Gasteiger partial charge in [0.2, 0.25) is 15.7 Å². The molecule has 1 aliphatic heterocycles. The maximum atomic E-state index is 13.4. The molecule has 2 aromatic rings. The summed E-state index contributed by atoms with van der Waals surface area (Å²) in [6.07, 6.45) is 3.26. The fourth-order valence-electron chi connectivity index (χ4n) is 2.65. The molecule has 26 heavy (non-hydrogen) atoms. The fraction of sp³-hybridized carbons (Fsp3) is 0.312. The molecule has 1 aliphatic rings. The Bertz CT molecular complexity index is 962. The Morgan fingerprint density at radius 1 is 1.23 bits per heavy atom. The Balaban J connectivity index is 1.79. The van der Waals surface area contributed by atoms with Gasteiger partial charge in [-0.25, -0.2) is 27.2 Å². The molecule has 1 fully saturated rings. The summed E-state index contributed by atoms with van der Waals surface area (Å²) >= 11 is 0. The molecule has 7 nitrogen and oxygen atoms in total. The molecule has 1 saturated heterocycles. The third-order valence-electron chi connectivity index (χ3n) is 3.92. The molecule has 3 rings (SSSR count). The van der Waals surface area contributed by atoms with E-state index in [1.54, 1.807) is 0 Å². The van der Waals surface area contributed by atoms with E-state index in [2.05, 4.69) is 9.97 Å². The second-order valence-electron chi connectivity index (χ2n) is 5.64. The van der Waals surface area contributed by atoms with Crippen molar-refractivity contribution in [1.29, 1.82) is 5.26 Å². The Labute approximate surface area is 148 Å². The fourth-order valence-corrected chi connectivity index (χ4v) is 4.17. The van der Waals surface area contributed by atoms with E-state index in [0.29, 0.717) is 18.9 Å².